The van der Waals surface area contributed by atoms with Gasteiger partial charge in [0, 0.05) is 20.0 Å². The normalized spacial score (nSPS) is 17.0. The predicted molar refractivity (Wildman–Crippen MR) is 74.2 cm³/mol. The molecule has 10 heteroatoms. The van der Waals surface area contributed by atoms with Crippen LogP contribution in [0.3, 0.4) is 0 Å². The first-order valence-electron chi connectivity index (χ1n) is 7.20. The third kappa shape index (κ3) is 3.62. The summed E-state index contributed by atoms with van der Waals surface area (Å²) in [5.41, 5.74) is 0. The Balaban J connectivity index is 2.19. The SMILES string of the molecule is CC(C)[C@@H](C(=O)Nc1nc(C(F)(F)F)nn1C)N1CCCC1=O. The van der Waals surface area contributed by atoms with Crippen LogP contribution in [-0.2, 0) is 22.8 Å². The average molecular weight is 333 g/mol. The van der Waals surface area contributed by atoms with Crippen molar-refractivity contribution in [3.8, 4) is 0 Å². The number of carbonyl (C=O) groups excluding carboxylic acids is 2. The summed E-state index contributed by atoms with van der Waals surface area (Å²) in [6.45, 7) is 4.00. The Morgan fingerprint density at radius 2 is 2.00 bits per heavy atom. The van der Waals surface area contributed by atoms with E-state index < -0.39 is 23.9 Å². The summed E-state index contributed by atoms with van der Waals surface area (Å²) in [5.74, 6) is -2.52. The fourth-order valence-electron chi connectivity index (χ4n) is 2.56. The minimum Gasteiger partial charge on any atom is -0.330 e. The number of rotatable bonds is 4. The number of nitrogens with zero attached hydrogens (tertiary/aromatic N) is 4. The number of aromatic nitrogens is 3. The minimum atomic E-state index is -4.69. The quantitative estimate of drug-likeness (QED) is 0.904. The molecule has 1 aromatic heterocycles. The number of aryl methyl sites for hydroxylation is 1. The van der Waals surface area contributed by atoms with Crippen molar-refractivity contribution in [1.82, 2.24) is 19.7 Å². The first-order chi connectivity index (χ1) is 10.6. The highest BCUT2D eigenvalue weighted by atomic mass is 19.4. The topological polar surface area (TPSA) is 80.1 Å². The highest BCUT2D eigenvalue weighted by Crippen LogP contribution is 2.27. The van der Waals surface area contributed by atoms with Gasteiger partial charge in [0.25, 0.3) is 5.82 Å². The summed E-state index contributed by atoms with van der Waals surface area (Å²) in [7, 11) is 1.25. The van der Waals surface area contributed by atoms with Crippen LogP contribution in [0, 0.1) is 5.92 Å². The summed E-state index contributed by atoms with van der Waals surface area (Å²) >= 11 is 0. The number of hydrogen-bond donors (Lipinski definition) is 1. The van der Waals surface area contributed by atoms with E-state index in [1.807, 2.05) is 0 Å². The Morgan fingerprint density at radius 3 is 2.43 bits per heavy atom. The van der Waals surface area contributed by atoms with Crippen LogP contribution in [0.15, 0.2) is 0 Å². The van der Waals surface area contributed by atoms with Crippen molar-refractivity contribution in [3.63, 3.8) is 0 Å². The summed E-state index contributed by atoms with van der Waals surface area (Å²) in [4.78, 5) is 29.0. The van der Waals surface area contributed by atoms with Gasteiger partial charge < -0.3 is 4.90 Å². The fourth-order valence-corrected chi connectivity index (χ4v) is 2.56. The number of hydrogen-bond acceptors (Lipinski definition) is 4. The molecule has 2 heterocycles. The number of likely N-dealkylation sites (tertiary alicyclic amines) is 1. The number of carbonyl (C=O) groups is 2. The highest BCUT2D eigenvalue weighted by Gasteiger charge is 2.38. The van der Waals surface area contributed by atoms with Gasteiger partial charge in [0.15, 0.2) is 0 Å². The lowest BCUT2D eigenvalue weighted by Gasteiger charge is -2.29. The lowest BCUT2D eigenvalue weighted by atomic mass is 10.0. The zero-order valence-electron chi connectivity index (χ0n) is 13.0. The van der Waals surface area contributed by atoms with Crippen LogP contribution in [0.4, 0.5) is 19.1 Å². The molecule has 0 unspecified atom stereocenters. The molecule has 1 N–H and O–H groups in total. The Morgan fingerprint density at radius 1 is 1.35 bits per heavy atom. The molecule has 128 valence electrons. The number of halogens is 3. The molecule has 2 rings (SSSR count). The van der Waals surface area contributed by atoms with Crippen molar-refractivity contribution in [2.24, 2.45) is 13.0 Å². The van der Waals surface area contributed by atoms with E-state index in [-0.39, 0.29) is 17.8 Å². The molecule has 0 spiro atoms. The minimum absolute atomic E-state index is 0.132. The Bertz CT molecular complexity index is 611. The van der Waals surface area contributed by atoms with Gasteiger partial charge in [-0.3, -0.25) is 14.9 Å². The molecular formula is C13H18F3N5O2. The first kappa shape index (κ1) is 17.2. The molecule has 1 saturated heterocycles. The maximum atomic E-state index is 12.6. The fraction of sp³-hybridized carbons (Fsp3) is 0.692. The average Bonchev–Trinajstić information content (AvgIpc) is 2.97. The number of nitrogens with one attached hydrogen (secondary N) is 1. The van der Waals surface area contributed by atoms with Gasteiger partial charge in [-0.25, -0.2) is 4.68 Å². The molecular weight excluding hydrogens is 315 g/mol. The standard InChI is InChI=1S/C13H18F3N5O2/c1-7(2)9(21-6-4-5-8(21)22)10(23)17-12-18-11(13(14,15)16)19-20(12)3/h7,9H,4-6H2,1-3H3,(H,17,18,19,23)/t9-/m0/s1. The van der Waals surface area contributed by atoms with Crippen LogP contribution in [0.1, 0.15) is 32.5 Å². The van der Waals surface area contributed by atoms with Crippen molar-refractivity contribution in [2.45, 2.75) is 38.9 Å². The maximum Gasteiger partial charge on any atom is 0.453 e. The molecule has 7 nitrogen and oxygen atoms in total. The monoisotopic (exact) mass is 333 g/mol. The van der Waals surface area contributed by atoms with Crippen LogP contribution in [0.25, 0.3) is 0 Å². The summed E-state index contributed by atoms with van der Waals surface area (Å²) in [6, 6.07) is -0.754. The van der Waals surface area contributed by atoms with E-state index in [1.165, 1.54) is 11.9 Å². The lowest BCUT2D eigenvalue weighted by molar-refractivity contribution is -0.145. The van der Waals surface area contributed by atoms with Gasteiger partial charge in [0.2, 0.25) is 17.8 Å². The van der Waals surface area contributed by atoms with E-state index in [0.29, 0.717) is 19.4 Å². The Hall–Kier alpha value is -2.13. The number of anilines is 1. The van der Waals surface area contributed by atoms with Crippen molar-refractivity contribution < 1.29 is 22.8 Å². The van der Waals surface area contributed by atoms with Crippen molar-refractivity contribution in [2.75, 3.05) is 11.9 Å². The van der Waals surface area contributed by atoms with E-state index in [4.69, 9.17) is 0 Å². The molecule has 23 heavy (non-hydrogen) atoms. The Kier molecular flexibility index (Phi) is 4.62. The van der Waals surface area contributed by atoms with Gasteiger partial charge in [-0.2, -0.15) is 18.2 Å². The largest absolute Gasteiger partial charge is 0.453 e. The molecule has 0 bridgehead atoms. The van der Waals surface area contributed by atoms with Gasteiger partial charge in [0.05, 0.1) is 0 Å². The first-order valence-corrected chi connectivity index (χ1v) is 7.20. The van der Waals surface area contributed by atoms with Crippen LogP contribution >= 0.6 is 0 Å². The molecule has 1 aliphatic rings. The van der Waals surface area contributed by atoms with E-state index in [1.54, 1.807) is 13.8 Å². The molecule has 1 aromatic rings. The van der Waals surface area contributed by atoms with Gasteiger partial charge in [-0.1, -0.05) is 13.8 Å². The number of alkyl halides is 3. The molecule has 1 atom stereocenters. The van der Waals surface area contributed by atoms with Crippen LogP contribution in [0.2, 0.25) is 0 Å². The zero-order chi connectivity index (χ0) is 17.4. The second kappa shape index (κ2) is 6.17. The second-order valence-electron chi connectivity index (χ2n) is 5.75. The predicted octanol–water partition coefficient (Wildman–Crippen LogP) is 1.42. The van der Waals surface area contributed by atoms with Crippen LogP contribution < -0.4 is 5.32 Å². The molecule has 1 aliphatic heterocycles. The van der Waals surface area contributed by atoms with Crippen molar-refractivity contribution in [1.29, 1.82) is 0 Å². The van der Waals surface area contributed by atoms with Crippen molar-refractivity contribution in [3.05, 3.63) is 5.82 Å². The third-order valence-corrected chi connectivity index (χ3v) is 3.60. The molecule has 0 aromatic carbocycles. The Labute approximate surface area is 130 Å². The molecule has 2 amide bonds. The van der Waals surface area contributed by atoms with Crippen LogP contribution in [-0.4, -0.2) is 44.1 Å². The molecule has 1 fully saturated rings. The van der Waals surface area contributed by atoms with Gasteiger partial charge in [-0.05, 0) is 12.3 Å². The zero-order valence-corrected chi connectivity index (χ0v) is 13.0. The summed E-state index contributed by atoms with van der Waals surface area (Å²) in [5, 5.41) is 5.58. The van der Waals surface area contributed by atoms with Gasteiger partial charge in [0.1, 0.15) is 6.04 Å². The van der Waals surface area contributed by atoms with E-state index in [0.717, 1.165) is 4.68 Å². The number of amides is 2. The lowest BCUT2D eigenvalue weighted by Crippen LogP contribution is -2.48. The molecule has 0 radical (unpaired) electrons. The van der Waals surface area contributed by atoms with E-state index in [2.05, 4.69) is 15.4 Å². The van der Waals surface area contributed by atoms with Gasteiger partial charge in [-0.15, -0.1) is 5.10 Å². The van der Waals surface area contributed by atoms with Gasteiger partial charge >= 0.3 is 6.18 Å². The highest BCUT2D eigenvalue weighted by molar-refractivity contribution is 5.96. The summed E-state index contributed by atoms with van der Waals surface area (Å²) < 4.78 is 38.6. The third-order valence-electron chi connectivity index (χ3n) is 3.60. The maximum absolute atomic E-state index is 12.6. The second-order valence-corrected chi connectivity index (χ2v) is 5.75. The smallest absolute Gasteiger partial charge is 0.330 e. The van der Waals surface area contributed by atoms with Crippen molar-refractivity contribution >= 4 is 17.8 Å². The molecule has 0 aliphatic carbocycles. The summed E-state index contributed by atoms with van der Waals surface area (Å²) in [6.07, 6.45) is -3.65. The van der Waals surface area contributed by atoms with Crippen LogP contribution in [0.5, 0.6) is 0 Å². The van der Waals surface area contributed by atoms with E-state index in [9.17, 15) is 22.8 Å². The molecule has 0 saturated carbocycles. The van der Waals surface area contributed by atoms with E-state index >= 15 is 0 Å².